The Kier molecular flexibility index (Phi) is 9.43. The Hall–Kier alpha value is -10.8. The third kappa shape index (κ3) is 5.88. The lowest BCUT2D eigenvalue weighted by atomic mass is 9.65. The number of ether oxygens (including phenoxy) is 1. The van der Waals surface area contributed by atoms with Gasteiger partial charge in [0.15, 0.2) is 0 Å². The van der Waals surface area contributed by atoms with Crippen LogP contribution in [0.2, 0.25) is 0 Å². The number of benzene rings is 14. The molecule has 0 N–H and O–H groups in total. The molecule has 14 aromatic carbocycles. The van der Waals surface area contributed by atoms with Crippen molar-refractivity contribution in [3.05, 3.63) is 376 Å². The molecule has 2 nitrogen and oxygen atoms in total. The quantitative estimate of drug-likeness (QED) is 0.170. The lowest BCUT2D eigenvalue weighted by Crippen LogP contribution is -2.32. The number of hydrogen-bond donors (Lipinski definition) is 0. The highest BCUT2D eigenvalue weighted by atomic mass is 16.5. The van der Waals surface area contributed by atoms with Crippen LogP contribution in [0.1, 0.15) is 66.8 Å². The van der Waals surface area contributed by atoms with Gasteiger partial charge in [-0.3, -0.25) is 0 Å². The average Bonchev–Trinajstić information content (AvgIpc) is 1.64. The molecule has 0 unspecified atom stereocenters. The molecule has 14 aromatic rings. The van der Waals surface area contributed by atoms with Gasteiger partial charge < -0.3 is 9.64 Å². The van der Waals surface area contributed by atoms with Gasteiger partial charge in [0, 0.05) is 39.0 Å². The second kappa shape index (κ2) is 17.1. The lowest BCUT2D eigenvalue weighted by molar-refractivity contribution is 0.447. The number of rotatable bonds is 5. The molecule has 5 aliphatic rings. The molecule has 0 radical (unpaired) electrons. The zero-order chi connectivity index (χ0) is 55.6. The van der Waals surface area contributed by atoms with Crippen molar-refractivity contribution in [2.24, 2.45) is 0 Å². The number of hydrogen-bond acceptors (Lipinski definition) is 2. The lowest BCUT2D eigenvalue weighted by Gasteiger charge is -2.40. The predicted octanol–water partition coefficient (Wildman–Crippen LogP) is 20.6. The fraction of sp³-hybridized carbons (Fsp3) is 0.0361. The standard InChI is InChI=1S/C83H51NO/c1-3-23-54(24-4-1)81(55-25-5-2-6-26-55)69-34-16-11-31-63(69)66-44-41-56(49-76(66)81)84(57-42-45-67-64-32-14-19-37-72(64)82(77(67)50-57)70-35-17-12-29-61(70)62-30-13-18-36-71(62)82)58-43-46-68-65-33-15-20-38-73(65)83(78(68)51-58)74-47-39-52-21-7-9-27-59(52)79(74)85-80-60-28-10-8-22-53(60)40-48-75(80)83/h1-51H. The van der Waals surface area contributed by atoms with Crippen molar-refractivity contribution in [1.29, 1.82) is 0 Å². The molecule has 85 heavy (non-hydrogen) atoms. The van der Waals surface area contributed by atoms with Crippen LogP contribution in [0.15, 0.2) is 309 Å². The van der Waals surface area contributed by atoms with Crippen molar-refractivity contribution >= 4 is 38.6 Å². The first-order chi connectivity index (χ1) is 42.2. The molecule has 0 saturated heterocycles. The first kappa shape index (κ1) is 46.8. The summed E-state index contributed by atoms with van der Waals surface area (Å²) in [6, 6.07) is 117. The summed E-state index contributed by atoms with van der Waals surface area (Å²) in [7, 11) is 0. The third-order valence-corrected chi connectivity index (χ3v) is 20.0. The second-order valence-electron chi connectivity index (χ2n) is 23.7. The van der Waals surface area contributed by atoms with Crippen molar-refractivity contribution < 1.29 is 4.74 Å². The molecule has 0 bridgehead atoms. The first-order valence-electron chi connectivity index (χ1n) is 29.7. The van der Waals surface area contributed by atoms with Crippen LogP contribution in [0.3, 0.4) is 0 Å². The molecular weight excluding hydrogens is 1030 g/mol. The molecule has 1 heterocycles. The van der Waals surface area contributed by atoms with Gasteiger partial charge in [-0.2, -0.15) is 0 Å². The molecule has 1 aliphatic heterocycles. The Bertz CT molecular complexity index is 4900. The highest BCUT2D eigenvalue weighted by molar-refractivity contribution is 6.02. The Morgan fingerprint density at radius 1 is 0.212 bits per heavy atom. The van der Waals surface area contributed by atoms with Crippen LogP contribution < -0.4 is 9.64 Å². The van der Waals surface area contributed by atoms with Crippen LogP contribution in [0.5, 0.6) is 11.5 Å². The molecule has 2 spiro atoms. The fourth-order valence-corrected chi connectivity index (χ4v) is 16.8. The minimum atomic E-state index is -0.749. The summed E-state index contributed by atoms with van der Waals surface area (Å²) >= 11 is 0. The zero-order valence-electron chi connectivity index (χ0n) is 46.3. The van der Waals surface area contributed by atoms with E-state index in [-0.39, 0.29) is 0 Å². The highest BCUT2D eigenvalue weighted by Crippen LogP contribution is 2.67. The zero-order valence-corrected chi connectivity index (χ0v) is 46.3. The highest BCUT2D eigenvalue weighted by Gasteiger charge is 2.54. The van der Waals surface area contributed by atoms with E-state index in [4.69, 9.17) is 4.74 Å². The largest absolute Gasteiger partial charge is 0.455 e. The maximum absolute atomic E-state index is 7.45. The number of fused-ring (bicyclic) bond motifs is 26. The average molecular weight is 1080 g/mol. The summed E-state index contributed by atoms with van der Waals surface area (Å²) in [5.74, 6) is 1.81. The van der Waals surface area contributed by atoms with Crippen molar-refractivity contribution in [3.8, 4) is 56.0 Å². The van der Waals surface area contributed by atoms with E-state index >= 15 is 0 Å². The van der Waals surface area contributed by atoms with Crippen molar-refractivity contribution in [2.45, 2.75) is 16.2 Å². The molecule has 0 aromatic heterocycles. The molecule has 0 atom stereocenters. The normalized spacial score (nSPS) is 14.7. The monoisotopic (exact) mass is 1080 g/mol. The Morgan fingerprint density at radius 2 is 0.506 bits per heavy atom. The minimum Gasteiger partial charge on any atom is -0.455 e. The molecule has 4 aliphatic carbocycles. The molecule has 2 heteroatoms. The van der Waals surface area contributed by atoms with Crippen LogP contribution in [0, 0.1) is 0 Å². The number of anilines is 3. The van der Waals surface area contributed by atoms with Crippen LogP contribution in [0.4, 0.5) is 17.1 Å². The summed E-state index contributed by atoms with van der Waals surface area (Å²) in [5.41, 5.74) is 26.5. The van der Waals surface area contributed by atoms with Crippen LogP contribution >= 0.6 is 0 Å². The van der Waals surface area contributed by atoms with Crippen LogP contribution in [-0.4, -0.2) is 0 Å². The predicted molar refractivity (Wildman–Crippen MR) is 347 cm³/mol. The van der Waals surface area contributed by atoms with Gasteiger partial charge in [0.2, 0.25) is 0 Å². The Morgan fingerprint density at radius 3 is 0.894 bits per heavy atom. The molecule has 0 saturated carbocycles. The molecule has 0 fully saturated rings. The fourth-order valence-electron chi connectivity index (χ4n) is 16.8. The third-order valence-electron chi connectivity index (χ3n) is 20.0. The van der Waals surface area contributed by atoms with Crippen molar-refractivity contribution in [1.82, 2.24) is 0 Å². The SMILES string of the molecule is c1ccc(C2(c3ccccc3)c3ccccc3-c3ccc(N(c4ccc5c(c4)C4(c6ccccc6-c6ccccc64)c4ccccc4-5)c4ccc5c(c4)C4(c6ccccc6-5)c5ccc6ccccc6c5Oc5c4ccc4ccccc54)cc32)cc1. The van der Waals surface area contributed by atoms with E-state index in [1.54, 1.807) is 0 Å². The van der Waals surface area contributed by atoms with Gasteiger partial charge in [0.05, 0.1) is 16.2 Å². The van der Waals surface area contributed by atoms with Gasteiger partial charge in [-0.15, -0.1) is 0 Å². The van der Waals surface area contributed by atoms with Crippen molar-refractivity contribution in [2.75, 3.05) is 4.90 Å². The minimum absolute atomic E-state index is 0.541. The smallest absolute Gasteiger partial charge is 0.140 e. The molecular formula is C83H51NO. The second-order valence-corrected chi connectivity index (χ2v) is 23.7. The van der Waals surface area contributed by atoms with Gasteiger partial charge in [0.25, 0.3) is 0 Å². The summed E-state index contributed by atoms with van der Waals surface area (Å²) in [5, 5.41) is 4.50. The van der Waals surface area contributed by atoms with Gasteiger partial charge >= 0.3 is 0 Å². The first-order valence-corrected chi connectivity index (χ1v) is 29.7. The number of nitrogens with zero attached hydrogens (tertiary/aromatic N) is 1. The van der Waals surface area contributed by atoms with E-state index in [1.165, 1.54) is 100 Å². The topological polar surface area (TPSA) is 12.5 Å². The summed E-state index contributed by atoms with van der Waals surface area (Å²) in [6.07, 6.45) is 0. The summed E-state index contributed by atoms with van der Waals surface area (Å²) < 4.78 is 7.45. The van der Waals surface area contributed by atoms with E-state index in [0.717, 1.165) is 61.2 Å². The van der Waals surface area contributed by atoms with E-state index in [1.807, 2.05) is 0 Å². The van der Waals surface area contributed by atoms with Gasteiger partial charge in [-0.05, 0) is 147 Å². The summed E-state index contributed by atoms with van der Waals surface area (Å²) in [4.78, 5) is 2.58. The maximum atomic E-state index is 7.45. The molecule has 19 rings (SSSR count). The molecule has 394 valence electrons. The molecule has 0 amide bonds. The van der Waals surface area contributed by atoms with Crippen LogP contribution in [-0.2, 0) is 16.2 Å². The van der Waals surface area contributed by atoms with E-state index in [0.29, 0.717) is 0 Å². The van der Waals surface area contributed by atoms with Gasteiger partial charge in [-0.25, -0.2) is 0 Å². The van der Waals surface area contributed by atoms with Gasteiger partial charge in [0.1, 0.15) is 11.5 Å². The van der Waals surface area contributed by atoms with E-state index in [2.05, 4.69) is 314 Å². The Balaban J connectivity index is 0.923. The van der Waals surface area contributed by atoms with Gasteiger partial charge in [-0.1, -0.05) is 273 Å². The van der Waals surface area contributed by atoms with Crippen LogP contribution in [0.25, 0.3) is 66.1 Å². The van der Waals surface area contributed by atoms with Crippen molar-refractivity contribution in [3.63, 3.8) is 0 Å². The van der Waals surface area contributed by atoms with E-state index < -0.39 is 16.2 Å². The van der Waals surface area contributed by atoms with E-state index in [9.17, 15) is 0 Å². The maximum Gasteiger partial charge on any atom is 0.140 e. The summed E-state index contributed by atoms with van der Waals surface area (Å²) in [6.45, 7) is 0. The Labute approximate surface area is 493 Å².